The van der Waals surface area contributed by atoms with Gasteiger partial charge in [0.25, 0.3) is 11.7 Å². The zero-order valence-electron chi connectivity index (χ0n) is 35.4. The fraction of sp³-hybridized carbons (Fsp3) is 0.477. The summed E-state index contributed by atoms with van der Waals surface area (Å²) in [5.41, 5.74) is 2.20. The minimum atomic E-state index is -1.22. The van der Waals surface area contributed by atoms with Gasteiger partial charge in [0.2, 0.25) is 11.8 Å². The first-order chi connectivity index (χ1) is 27.4. The number of phenolic OH excluding ortho intramolecular Hbond substituents is 1. The van der Waals surface area contributed by atoms with E-state index in [-0.39, 0.29) is 18.6 Å². The summed E-state index contributed by atoms with van der Waals surface area (Å²) < 4.78 is 16.3. The Morgan fingerprint density at radius 2 is 1.17 bits per heavy atom. The van der Waals surface area contributed by atoms with E-state index in [1.54, 1.807) is 95.4 Å². The first-order valence-corrected chi connectivity index (χ1v) is 19.4. The second-order valence-electron chi connectivity index (χ2n) is 15.2. The summed E-state index contributed by atoms with van der Waals surface area (Å²) in [4.78, 5) is 74.3. The number of nitrogens with one attached hydrogen (secondary N) is 1. The predicted molar refractivity (Wildman–Crippen MR) is 220 cm³/mol. The van der Waals surface area contributed by atoms with Crippen LogP contribution < -0.4 is 10.1 Å². The third kappa shape index (κ3) is 12.7. The van der Waals surface area contributed by atoms with Gasteiger partial charge in [-0.25, -0.2) is 4.79 Å². The molecule has 3 rings (SSSR count). The van der Waals surface area contributed by atoms with E-state index in [0.29, 0.717) is 35.5 Å². The van der Waals surface area contributed by atoms with Gasteiger partial charge in [-0.05, 0) is 85.9 Å². The number of carbonyl (C=O) groups excluding carboxylic acids is 5. The molecule has 0 bridgehead atoms. The fourth-order valence-electron chi connectivity index (χ4n) is 6.44. The van der Waals surface area contributed by atoms with Crippen molar-refractivity contribution >= 4 is 29.7 Å². The molecule has 0 fully saturated rings. The van der Waals surface area contributed by atoms with Gasteiger partial charge >= 0.3 is 11.9 Å². The molecule has 4 N–H and O–H groups in total. The molecule has 6 atom stereocenters. The van der Waals surface area contributed by atoms with Crippen molar-refractivity contribution in [2.75, 3.05) is 42.4 Å². The lowest BCUT2D eigenvalue weighted by Crippen LogP contribution is -2.59. The Hall–Kier alpha value is -5.63. The zero-order valence-corrected chi connectivity index (χ0v) is 35.4. The summed E-state index contributed by atoms with van der Waals surface area (Å²) in [6.45, 7) is 7.19. The van der Waals surface area contributed by atoms with Crippen molar-refractivity contribution in [2.24, 2.45) is 11.8 Å². The molecule has 0 heterocycles. The molecular formula is C44H61N4O10+. The van der Waals surface area contributed by atoms with Crippen molar-refractivity contribution in [3.63, 3.8) is 0 Å². The Bertz CT molecular complexity index is 1820. The molecule has 0 aromatic heterocycles. The Labute approximate surface area is 342 Å². The minimum absolute atomic E-state index is 0.0130. The Morgan fingerprint density at radius 3 is 1.66 bits per heavy atom. The molecule has 3 aromatic carbocycles. The van der Waals surface area contributed by atoms with Crippen LogP contribution in [0.25, 0.3) is 0 Å². The number of methoxy groups -OCH3 is 2. The largest absolute Gasteiger partial charge is 0.593 e. The molecule has 3 aromatic rings. The summed E-state index contributed by atoms with van der Waals surface area (Å²) in [6.07, 6.45) is -0.295. The number of nitrogens with zero attached hydrogens (tertiary/aromatic N) is 3. The summed E-state index contributed by atoms with van der Waals surface area (Å²) in [5, 5.41) is 20.6. The summed E-state index contributed by atoms with van der Waals surface area (Å²) >= 11 is 0. The van der Waals surface area contributed by atoms with E-state index in [9.17, 15) is 29.1 Å². The lowest BCUT2D eigenvalue weighted by Gasteiger charge is -2.36. The molecule has 58 heavy (non-hydrogen) atoms. The highest BCUT2D eigenvalue weighted by Gasteiger charge is 2.40. The van der Waals surface area contributed by atoms with Gasteiger partial charge in [-0.3, -0.25) is 24.1 Å². The molecule has 0 radical (unpaired) electrons. The number of carbonyl (C=O) groups is 5. The third-order valence-corrected chi connectivity index (χ3v) is 10.5. The molecule has 3 amide bonds. The first-order valence-electron chi connectivity index (χ1n) is 19.4. The summed E-state index contributed by atoms with van der Waals surface area (Å²) in [6, 6.07) is 16.0. The lowest BCUT2D eigenvalue weighted by molar-refractivity contribution is -0.164. The van der Waals surface area contributed by atoms with Gasteiger partial charge in [0.1, 0.15) is 35.7 Å². The van der Waals surface area contributed by atoms with E-state index in [1.165, 1.54) is 43.1 Å². The highest BCUT2D eigenvalue weighted by molar-refractivity contribution is 5.95. The van der Waals surface area contributed by atoms with Gasteiger partial charge in [0.05, 0.1) is 14.2 Å². The van der Waals surface area contributed by atoms with Gasteiger partial charge in [0, 0.05) is 45.0 Å². The van der Waals surface area contributed by atoms with Gasteiger partial charge in [-0.1, -0.05) is 52.0 Å². The number of rotatable bonds is 20. The van der Waals surface area contributed by atoms with Crippen LogP contribution in [0.2, 0.25) is 0 Å². The highest BCUT2D eigenvalue weighted by Crippen LogP contribution is 2.22. The second-order valence-corrected chi connectivity index (χ2v) is 15.2. The van der Waals surface area contributed by atoms with E-state index >= 15 is 0 Å². The minimum Gasteiger partial charge on any atom is -0.593 e. The van der Waals surface area contributed by atoms with E-state index in [2.05, 4.69) is 5.32 Å². The van der Waals surface area contributed by atoms with Crippen molar-refractivity contribution < 1.29 is 48.4 Å². The van der Waals surface area contributed by atoms with Crippen molar-refractivity contribution in [3.05, 3.63) is 89.5 Å². The zero-order chi connectivity index (χ0) is 43.3. The van der Waals surface area contributed by atoms with Crippen LogP contribution in [0.5, 0.6) is 17.2 Å². The van der Waals surface area contributed by atoms with E-state index in [0.717, 1.165) is 5.56 Å². The average Bonchev–Trinajstić information content (AvgIpc) is 3.21. The molecule has 0 spiro atoms. The number of phenols is 1. The molecule has 0 aliphatic carbocycles. The topological polar surface area (TPSA) is 178 Å². The Kier molecular flexibility index (Phi) is 17.5. The van der Waals surface area contributed by atoms with Gasteiger partial charge < -0.3 is 39.5 Å². The molecule has 0 unspecified atom stereocenters. The van der Waals surface area contributed by atoms with E-state index < -0.39 is 71.8 Å². The van der Waals surface area contributed by atoms with Gasteiger partial charge in [0.15, 0.2) is 6.10 Å². The van der Waals surface area contributed by atoms with Crippen LogP contribution in [-0.4, -0.2) is 127 Å². The maximum Gasteiger partial charge on any atom is 0.328 e. The number of esters is 2. The number of benzene rings is 3. The van der Waals surface area contributed by atoms with Crippen molar-refractivity contribution in [3.8, 4) is 17.2 Å². The van der Waals surface area contributed by atoms with Crippen LogP contribution in [-0.2, 0) is 52.7 Å². The number of ether oxygens (including phenoxy) is 3. The van der Waals surface area contributed by atoms with Crippen molar-refractivity contribution in [1.82, 2.24) is 20.0 Å². The van der Waals surface area contributed by atoms with Crippen LogP contribution in [0.3, 0.4) is 0 Å². The normalized spacial score (nSPS) is 14.3. The molecular weight excluding hydrogens is 745 g/mol. The average molecular weight is 806 g/mol. The number of likely N-dealkylation sites (N-methyl/N-ethyl adjacent to an activating group) is 3. The molecule has 14 heteroatoms. The van der Waals surface area contributed by atoms with Crippen LogP contribution in [0.15, 0.2) is 72.8 Å². The molecule has 0 aliphatic heterocycles. The van der Waals surface area contributed by atoms with Crippen molar-refractivity contribution in [2.45, 2.75) is 83.6 Å². The van der Waals surface area contributed by atoms with Crippen LogP contribution in [0.4, 0.5) is 0 Å². The first kappa shape index (κ1) is 46.8. The van der Waals surface area contributed by atoms with Gasteiger partial charge in [-0.15, -0.1) is 0 Å². The standard InChI is InChI=1S/C44H60N4O10/c1-11-28(4)39(58-44(55)36(46(5)6)25-31-16-22-34(56-9)23-17-31)40(51)45-38(27(2)3)42(53)47(7)35(24-29-12-18-32(49)19-13-29)41(52)48(8)37(43(54)57-10)26-30-14-20-33(50)21-15-30/h12-23,27-28,35-39,49-50H,11,24-26H2,1-10H3,(H,45,51)/p+1/t28-,35-,36+,37+,38-,39-/m1/s1. The molecule has 0 aliphatic rings. The molecule has 316 valence electrons. The fourth-order valence-corrected chi connectivity index (χ4v) is 6.44. The van der Waals surface area contributed by atoms with Crippen molar-refractivity contribution in [1.29, 1.82) is 0 Å². The van der Waals surface area contributed by atoms with Crippen LogP contribution >= 0.6 is 0 Å². The summed E-state index contributed by atoms with van der Waals surface area (Å²) in [5.74, 6) is -2.91. The Morgan fingerprint density at radius 1 is 0.690 bits per heavy atom. The van der Waals surface area contributed by atoms with Gasteiger partial charge in [-0.2, -0.15) is 0 Å². The molecule has 0 saturated carbocycles. The molecule has 0 saturated heterocycles. The van der Waals surface area contributed by atoms with Crippen LogP contribution in [0.1, 0.15) is 50.8 Å². The maximum absolute atomic E-state index is 14.5. The molecule has 14 nitrogen and oxygen atoms in total. The number of hydrogen-bond donors (Lipinski definition) is 2. The van der Waals surface area contributed by atoms with Crippen LogP contribution in [0, 0.1) is 11.8 Å². The highest BCUT2D eigenvalue weighted by atomic mass is 16.6. The summed E-state index contributed by atoms with van der Waals surface area (Å²) in [7, 11) is 9.25. The number of aromatic hydroxyl groups is 1. The third-order valence-electron chi connectivity index (χ3n) is 10.5. The van der Waals surface area contributed by atoms with E-state index in [1.807, 2.05) is 19.1 Å². The lowest BCUT2D eigenvalue weighted by atomic mass is 9.96. The number of hydrogen-bond acceptors (Lipinski definition) is 10. The smallest absolute Gasteiger partial charge is 0.328 e. The second kappa shape index (κ2) is 21.8. The predicted octanol–water partition coefficient (Wildman–Crippen LogP) is 3.72. The van der Waals surface area contributed by atoms with E-state index in [4.69, 9.17) is 19.3 Å². The maximum atomic E-state index is 14.5. The Balaban J connectivity index is 1.92. The SMILES string of the molecule is CC[C@@H](C)[C@@H](OC(=O)[C@H](Cc1ccc(OC)cc1)N(C)C)C(=O)N[C@@H](C(=O)N(C)[C@H](Cc1ccc(O)cc1)C(=O)N(C)[C@@H](Cc1ccc([OH2+])cc1)C(=O)OC)C(C)C. The monoisotopic (exact) mass is 805 g/mol. The quantitative estimate of drug-likeness (QED) is 0.126. The number of amides is 3.